The van der Waals surface area contributed by atoms with E-state index in [-0.39, 0.29) is 5.92 Å². The molecule has 4 rings (SSSR count). The van der Waals surface area contributed by atoms with Gasteiger partial charge in [-0.15, -0.1) is 10.2 Å². The van der Waals surface area contributed by atoms with Crippen LogP contribution in [0, 0.1) is 11.8 Å². The van der Waals surface area contributed by atoms with Crippen LogP contribution in [0.15, 0.2) is 36.4 Å². The first kappa shape index (κ1) is 22.1. The normalized spacial score (nSPS) is 21.9. The first-order valence-corrected chi connectivity index (χ1v) is 12.1. The zero-order chi connectivity index (χ0) is 21.6. The van der Waals surface area contributed by atoms with E-state index in [1.807, 2.05) is 36.4 Å². The molecule has 2 fully saturated rings. The van der Waals surface area contributed by atoms with E-state index in [1.54, 1.807) is 0 Å². The molecule has 0 bridgehead atoms. The fraction of sp³-hybridized carbons (Fsp3) is 0.560. The molecule has 166 valence electrons. The highest BCUT2D eigenvalue weighted by molar-refractivity contribution is 6.30. The van der Waals surface area contributed by atoms with E-state index in [0.717, 1.165) is 62.0 Å². The fourth-order valence-corrected chi connectivity index (χ4v) is 5.00. The molecule has 1 aromatic carbocycles. The van der Waals surface area contributed by atoms with Crippen LogP contribution in [0.2, 0.25) is 5.02 Å². The quantitative estimate of drug-likeness (QED) is 0.599. The van der Waals surface area contributed by atoms with Gasteiger partial charge in [-0.25, -0.2) is 0 Å². The maximum absolute atomic E-state index is 13.0. The van der Waals surface area contributed by atoms with Gasteiger partial charge in [0.25, 0.3) is 0 Å². The molecule has 1 amide bonds. The maximum Gasteiger partial charge on any atom is 0.225 e. The Labute approximate surface area is 190 Å². The Hall–Kier alpha value is -2.14. The van der Waals surface area contributed by atoms with Gasteiger partial charge < -0.3 is 9.80 Å². The minimum absolute atomic E-state index is 0.239. The van der Waals surface area contributed by atoms with E-state index in [0.29, 0.717) is 10.9 Å². The molecular formula is C25H33ClN4O. The number of benzene rings is 1. The van der Waals surface area contributed by atoms with Crippen LogP contribution in [0.1, 0.15) is 51.9 Å². The number of nitrogens with zero attached hydrogens (tertiary/aromatic N) is 4. The zero-order valence-corrected chi connectivity index (χ0v) is 19.2. The van der Waals surface area contributed by atoms with E-state index in [1.165, 1.54) is 32.1 Å². The Bertz CT molecular complexity index is 839. The molecule has 2 heterocycles. The highest BCUT2D eigenvalue weighted by Gasteiger charge is 2.31. The summed E-state index contributed by atoms with van der Waals surface area (Å²) in [6, 6.07) is 11.6. The molecule has 31 heavy (non-hydrogen) atoms. The van der Waals surface area contributed by atoms with Crippen LogP contribution in [0.3, 0.4) is 0 Å². The SMILES string of the molecule is CCCCC1CCC(C(=O)N2CCN(c3ccc(-c4ccc(Cl)cc4)nn3)CC2)CC1. The van der Waals surface area contributed by atoms with Gasteiger partial charge in [0.15, 0.2) is 5.82 Å². The van der Waals surface area contributed by atoms with Crippen molar-refractivity contribution in [1.82, 2.24) is 15.1 Å². The highest BCUT2D eigenvalue weighted by atomic mass is 35.5. The highest BCUT2D eigenvalue weighted by Crippen LogP contribution is 2.33. The van der Waals surface area contributed by atoms with Crippen molar-refractivity contribution in [3.8, 4) is 11.3 Å². The second-order valence-corrected chi connectivity index (χ2v) is 9.39. The standard InChI is InChI=1S/C25H33ClN4O/c1-2-3-4-19-5-7-21(8-6-19)25(31)30-17-15-29(16-18-30)24-14-13-23(27-28-24)20-9-11-22(26)12-10-20/h9-14,19,21H,2-8,15-18H2,1H3. The van der Waals surface area contributed by atoms with Crippen LogP contribution in [0.25, 0.3) is 11.3 Å². The van der Waals surface area contributed by atoms with Crippen molar-refractivity contribution in [3.05, 3.63) is 41.4 Å². The number of halogens is 1. The molecule has 2 aliphatic rings. The lowest BCUT2D eigenvalue weighted by Gasteiger charge is -2.38. The second kappa shape index (κ2) is 10.4. The summed E-state index contributed by atoms with van der Waals surface area (Å²) in [5.74, 6) is 2.33. The number of rotatable bonds is 6. The molecule has 0 radical (unpaired) electrons. The van der Waals surface area contributed by atoms with Crippen LogP contribution in [-0.2, 0) is 4.79 Å². The van der Waals surface area contributed by atoms with Crippen LogP contribution < -0.4 is 4.90 Å². The predicted molar refractivity (Wildman–Crippen MR) is 126 cm³/mol. The molecule has 2 aromatic rings. The number of carbonyl (C=O) groups excluding carboxylic acids is 1. The van der Waals surface area contributed by atoms with Gasteiger partial charge in [-0.3, -0.25) is 4.79 Å². The lowest BCUT2D eigenvalue weighted by molar-refractivity contribution is -0.137. The number of hydrogen-bond acceptors (Lipinski definition) is 4. The molecule has 1 saturated heterocycles. The summed E-state index contributed by atoms with van der Waals surface area (Å²) in [4.78, 5) is 17.3. The monoisotopic (exact) mass is 440 g/mol. The van der Waals surface area contributed by atoms with E-state index in [4.69, 9.17) is 11.6 Å². The number of hydrogen-bond donors (Lipinski definition) is 0. The summed E-state index contributed by atoms with van der Waals surface area (Å²) in [7, 11) is 0. The Morgan fingerprint density at radius 3 is 2.29 bits per heavy atom. The number of anilines is 1. The van der Waals surface area contributed by atoms with E-state index in [2.05, 4.69) is 26.9 Å². The minimum atomic E-state index is 0.239. The third-order valence-electron chi connectivity index (χ3n) is 6.87. The van der Waals surface area contributed by atoms with Crippen LogP contribution in [0.5, 0.6) is 0 Å². The summed E-state index contributed by atoms with van der Waals surface area (Å²) in [6.07, 6.45) is 8.55. The summed E-state index contributed by atoms with van der Waals surface area (Å²) in [6.45, 7) is 5.43. The molecule has 0 spiro atoms. The van der Waals surface area contributed by atoms with Crippen molar-refractivity contribution in [3.63, 3.8) is 0 Å². The molecule has 6 heteroatoms. The summed E-state index contributed by atoms with van der Waals surface area (Å²) >= 11 is 5.96. The largest absolute Gasteiger partial charge is 0.352 e. The summed E-state index contributed by atoms with van der Waals surface area (Å²) in [5, 5.41) is 9.54. The summed E-state index contributed by atoms with van der Waals surface area (Å²) < 4.78 is 0. The molecule has 0 unspecified atom stereocenters. The van der Waals surface area contributed by atoms with Crippen molar-refractivity contribution in [2.24, 2.45) is 11.8 Å². The van der Waals surface area contributed by atoms with Gasteiger partial charge in [0, 0.05) is 42.7 Å². The zero-order valence-electron chi connectivity index (χ0n) is 18.5. The Morgan fingerprint density at radius 2 is 1.68 bits per heavy atom. The van der Waals surface area contributed by atoms with E-state index in [9.17, 15) is 4.79 Å². The lowest BCUT2D eigenvalue weighted by atomic mass is 9.79. The maximum atomic E-state index is 13.0. The number of aromatic nitrogens is 2. The van der Waals surface area contributed by atoms with Crippen LogP contribution in [-0.4, -0.2) is 47.2 Å². The average Bonchev–Trinajstić information content (AvgIpc) is 2.83. The third kappa shape index (κ3) is 5.57. The van der Waals surface area contributed by atoms with E-state index >= 15 is 0 Å². The van der Waals surface area contributed by atoms with Gasteiger partial charge in [0.05, 0.1) is 5.69 Å². The van der Waals surface area contributed by atoms with Crippen molar-refractivity contribution in [2.75, 3.05) is 31.1 Å². The first-order chi connectivity index (χ1) is 15.1. The fourth-order valence-electron chi connectivity index (χ4n) is 4.87. The van der Waals surface area contributed by atoms with Crippen molar-refractivity contribution >= 4 is 23.3 Å². The first-order valence-electron chi connectivity index (χ1n) is 11.8. The average molecular weight is 441 g/mol. The van der Waals surface area contributed by atoms with Crippen LogP contribution in [0.4, 0.5) is 5.82 Å². The molecule has 0 atom stereocenters. The van der Waals surface area contributed by atoms with Gasteiger partial charge in [0.2, 0.25) is 5.91 Å². The number of carbonyl (C=O) groups is 1. The Balaban J connectivity index is 1.27. The van der Waals surface area contributed by atoms with Gasteiger partial charge in [-0.2, -0.15) is 0 Å². The second-order valence-electron chi connectivity index (χ2n) is 8.96. The van der Waals surface area contributed by atoms with Gasteiger partial charge in [-0.1, -0.05) is 49.9 Å². The number of amides is 1. The van der Waals surface area contributed by atoms with Gasteiger partial charge >= 0.3 is 0 Å². The summed E-state index contributed by atoms with van der Waals surface area (Å²) in [5.41, 5.74) is 1.84. The molecular weight excluding hydrogens is 408 g/mol. The molecule has 0 N–H and O–H groups in total. The lowest BCUT2D eigenvalue weighted by Crippen LogP contribution is -2.51. The topological polar surface area (TPSA) is 49.3 Å². The van der Waals surface area contributed by atoms with Gasteiger partial charge in [0.1, 0.15) is 0 Å². The van der Waals surface area contributed by atoms with E-state index < -0.39 is 0 Å². The Morgan fingerprint density at radius 1 is 0.968 bits per heavy atom. The molecule has 5 nitrogen and oxygen atoms in total. The molecule has 1 saturated carbocycles. The molecule has 1 aromatic heterocycles. The molecule has 1 aliphatic carbocycles. The predicted octanol–water partition coefficient (Wildman–Crippen LogP) is 5.44. The van der Waals surface area contributed by atoms with Gasteiger partial charge in [-0.05, 0) is 55.9 Å². The van der Waals surface area contributed by atoms with Crippen molar-refractivity contribution in [2.45, 2.75) is 51.9 Å². The third-order valence-corrected chi connectivity index (χ3v) is 7.12. The van der Waals surface area contributed by atoms with Crippen molar-refractivity contribution < 1.29 is 4.79 Å². The smallest absolute Gasteiger partial charge is 0.225 e. The number of piperazine rings is 1. The minimum Gasteiger partial charge on any atom is -0.352 e. The molecule has 1 aliphatic heterocycles. The van der Waals surface area contributed by atoms with Crippen molar-refractivity contribution in [1.29, 1.82) is 0 Å². The Kier molecular flexibility index (Phi) is 7.44. The number of unbranched alkanes of at least 4 members (excludes halogenated alkanes) is 1. The van der Waals surface area contributed by atoms with Crippen LogP contribution >= 0.6 is 11.6 Å².